The summed E-state index contributed by atoms with van der Waals surface area (Å²) < 4.78 is 4.22. The highest BCUT2D eigenvalue weighted by atomic mass is 32.2. The lowest BCUT2D eigenvalue weighted by Crippen LogP contribution is -2.08. The van der Waals surface area contributed by atoms with Crippen LogP contribution in [-0.2, 0) is 18.8 Å². The van der Waals surface area contributed by atoms with E-state index in [9.17, 15) is 0 Å². The minimum Gasteiger partial charge on any atom is -0.323 e. The van der Waals surface area contributed by atoms with Crippen LogP contribution in [0.25, 0.3) is 0 Å². The van der Waals surface area contributed by atoms with Crippen LogP contribution in [0.4, 0.5) is 0 Å². The number of nitrogens with zero attached hydrogens (tertiary/aromatic N) is 6. The second-order valence-corrected chi connectivity index (χ2v) is 6.97. The van der Waals surface area contributed by atoms with Crippen molar-refractivity contribution in [2.45, 2.75) is 71.5 Å². The summed E-state index contributed by atoms with van der Waals surface area (Å²) in [5, 5.41) is 13.1. The van der Waals surface area contributed by atoms with E-state index in [0.717, 1.165) is 48.4 Å². The Morgan fingerprint density at radius 3 is 2.68 bits per heavy atom. The number of unbranched alkanes of at least 4 members (excludes halogenated alkanes) is 1. The van der Waals surface area contributed by atoms with E-state index in [-0.39, 0.29) is 0 Å². The molecule has 2 heterocycles. The van der Waals surface area contributed by atoms with Crippen molar-refractivity contribution in [1.29, 1.82) is 0 Å². The van der Waals surface area contributed by atoms with Gasteiger partial charge in [0.05, 0.1) is 11.4 Å². The molecule has 0 aliphatic heterocycles. The van der Waals surface area contributed by atoms with Crippen molar-refractivity contribution >= 4 is 11.8 Å². The van der Waals surface area contributed by atoms with Gasteiger partial charge in [0.1, 0.15) is 0 Å². The number of aryl methyl sites for hydroxylation is 2. The van der Waals surface area contributed by atoms with Gasteiger partial charge in [-0.05, 0) is 36.6 Å². The molecule has 22 heavy (non-hydrogen) atoms. The van der Waals surface area contributed by atoms with Gasteiger partial charge in [-0.3, -0.25) is 0 Å². The zero-order chi connectivity index (χ0) is 16.1. The second-order valence-electron chi connectivity index (χ2n) is 6.03. The fourth-order valence-electron chi connectivity index (χ4n) is 2.25. The van der Waals surface area contributed by atoms with Crippen LogP contribution < -0.4 is 0 Å². The van der Waals surface area contributed by atoms with Crippen LogP contribution in [0, 0.1) is 19.8 Å². The van der Waals surface area contributed by atoms with Crippen molar-refractivity contribution in [2.24, 2.45) is 5.92 Å². The quantitative estimate of drug-likeness (QED) is 0.698. The highest BCUT2D eigenvalue weighted by Crippen LogP contribution is 2.25. The number of rotatable bonds is 8. The van der Waals surface area contributed by atoms with Gasteiger partial charge in [-0.15, -0.1) is 5.10 Å². The molecular formula is C15H26N6S. The van der Waals surface area contributed by atoms with Crippen LogP contribution in [-0.4, -0.2) is 29.8 Å². The molecule has 0 aliphatic carbocycles. The zero-order valence-electron chi connectivity index (χ0n) is 14.2. The van der Waals surface area contributed by atoms with Crippen LogP contribution in [0.3, 0.4) is 0 Å². The molecule has 6 nitrogen and oxygen atoms in total. The molecule has 122 valence electrons. The maximum absolute atomic E-state index is 4.70. The highest BCUT2D eigenvalue weighted by Gasteiger charge is 2.14. The topological polar surface area (TPSA) is 61.4 Å². The van der Waals surface area contributed by atoms with Crippen LogP contribution >= 0.6 is 11.8 Å². The van der Waals surface area contributed by atoms with E-state index in [1.54, 1.807) is 11.8 Å². The van der Waals surface area contributed by atoms with E-state index in [0.29, 0.717) is 5.92 Å². The Kier molecular flexibility index (Phi) is 5.99. The zero-order valence-corrected chi connectivity index (χ0v) is 15.0. The molecule has 0 radical (unpaired) electrons. The number of thioether (sulfide) groups is 1. The first-order valence-electron chi connectivity index (χ1n) is 7.94. The molecule has 2 aromatic rings. The van der Waals surface area contributed by atoms with Crippen molar-refractivity contribution in [3.63, 3.8) is 0 Å². The third-order valence-corrected chi connectivity index (χ3v) is 4.60. The van der Waals surface area contributed by atoms with Gasteiger partial charge in [-0.1, -0.05) is 39.0 Å². The van der Waals surface area contributed by atoms with Crippen molar-refractivity contribution in [1.82, 2.24) is 29.8 Å². The van der Waals surface area contributed by atoms with Gasteiger partial charge in [0.2, 0.25) is 0 Å². The number of hydrogen-bond acceptors (Lipinski definition) is 5. The monoisotopic (exact) mass is 322 g/mol. The molecule has 0 fully saturated rings. The van der Waals surface area contributed by atoms with E-state index in [1.165, 1.54) is 5.69 Å². The third-order valence-electron chi connectivity index (χ3n) is 3.63. The Morgan fingerprint density at radius 2 is 2.00 bits per heavy atom. The molecule has 0 bridgehead atoms. The predicted octanol–water partition coefficient (Wildman–Crippen LogP) is 3.23. The standard InChI is InChI=1S/C15H26N6S/c1-6-7-8-21-14(17-18-19-21)10-22-15-16-12(4)13(5)20(15)9-11(2)3/h11H,6-10H2,1-5H3. The van der Waals surface area contributed by atoms with E-state index >= 15 is 0 Å². The summed E-state index contributed by atoms with van der Waals surface area (Å²) in [4.78, 5) is 4.70. The maximum atomic E-state index is 4.70. The molecule has 2 aromatic heterocycles. The molecular weight excluding hydrogens is 296 g/mol. The minimum absolute atomic E-state index is 0.599. The van der Waals surface area contributed by atoms with E-state index < -0.39 is 0 Å². The van der Waals surface area contributed by atoms with Crippen LogP contribution in [0.1, 0.15) is 50.8 Å². The first-order chi connectivity index (χ1) is 10.5. The number of tetrazole rings is 1. The molecule has 2 rings (SSSR count). The van der Waals surface area contributed by atoms with Gasteiger partial charge >= 0.3 is 0 Å². The summed E-state index contributed by atoms with van der Waals surface area (Å²) in [6.45, 7) is 12.7. The Balaban J connectivity index is 2.08. The first-order valence-corrected chi connectivity index (χ1v) is 8.93. The lowest BCUT2D eigenvalue weighted by molar-refractivity contribution is 0.486. The normalized spacial score (nSPS) is 11.5. The second kappa shape index (κ2) is 7.76. The molecule has 0 amide bonds. The number of aromatic nitrogens is 6. The lowest BCUT2D eigenvalue weighted by Gasteiger charge is -2.12. The van der Waals surface area contributed by atoms with Gasteiger partial charge in [0.25, 0.3) is 0 Å². The maximum Gasteiger partial charge on any atom is 0.168 e. The molecule has 0 saturated heterocycles. The van der Waals surface area contributed by atoms with Crippen LogP contribution in [0.2, 0.25) is 0 Å². The smallest absolute Gasteiger partial charge is 0.168 e. The summed E-state index contributed by atoms with van der Waals surface area (Å²) in [7, 11) is 0. The Morgan fingerprint density at radius 1 is 1.23 bits per heavy atom. The minimum atomic E-state index is 0.599. The molecule has 0 N–H and O–H groups in total. The van der Waals surface area contributed by atoms with Crippen LogP contribution in [0.5, 0.6) is 0 Å². The Bertz CT molecular complexity index is 601. The van der Waals surface area contributed by atoms with E-state index in [1.807, 2.05) is 4.68 Å². The molecule has 0 unspecified atom stereocenters. The molecule has 0 aliphatic rings. The Hall–Kier alpha value is -1.37. The van der Waals surface area contributed by atoms with E-state index in [2.05, 4.69) is 54.7 Å². The van der Waals surface area contributed by atoms with Crippen LogP contribution in [0.15, 0.2) is 5.16 Å². The summed E-state index contributed by atoms with van der Waals surface area (Å²) in [5.74, 6) is 2.28. The molecule has 0 spiro atoms. The van der Waals surface area contributed by atoms with Crippen molar-refractivity contribution in [3.05, 3.63) is 17.2 Å². The van der Waals surface area contributed by atoms with Gasteiger partial charge < -0.3 is 4.57 Å². The molecule has 0 aromatic carbocycles. The third kappa shape index (κ3) is 4.09. The molecule has 7 heteroatoms. The summed E-state index contributed by atoms with van der Waals surface area (Å²) in [6.07, 6.45) is 2.24. The SMILES string of the molecule is CCCCn1nnnc1CSc1nc(C)c(C)n1CC(C)C. The van der Waals surface area contributed by atoms with Crippen molar-refractivity contribution in [3.8, 4) is 0 Å². The predicted molar refractivity (Wildman–Crippen MR) is 88.8 cm³/mol. The Labute approximate surface area is 136 Å². The summed E-state index contributed by atoms with van der Waals surface area (Å²) in [6, 6.07) is 0. The molecule has 0 saturated carbocycles. The summed E-state index contributed by atoms with van der Waals surface area (Å²) >= 11 is 1.72. The van der Waals surface area contributed by atoms with Gasteiger partial charge in [-0.2, -0.15) is 0 Å². The van der Waals surface area contributed by atoms with Gasteiger partial charge in [0, 0.05) is 18.8 Å². The number of imidazole rings is 1. The first kappa shape index (κ1) is 17.0. The lowest BCUT2D eigenvalue weighted by atomic mass is 10.2. The average Bonchev–Trinajstić information content (AvgIpc) is 3.02. The van der Waals surface area contributed by atoms with Crippen molar-refractivity contribution < 1.29 is 0 Å². The largest absolute Gasteiger partial charge is 0.323 e. The summed E-state index contributed by atoms with van der Waals surface area (Å²) in [5.41, 5.74) is 2.36. The van der Waals surface area contributed by atoms with Gasteiger partial charge in [-0.25, -0.2) is 9.67 Å². The fourth-order valence-corrected chi connectivity index (χ4v) is 3.28. The number of hydrogen-bond donors (Lipinski definition) is 0. The van der Waals surface area contributed by atoms with E-state index in [4.69, 9.17) is 4.98 Å². The van der Waals surface area contributed by atoms with Crippen molar-refractivity contribution in [2.75, 3.05) is 0 Å². The molecule has 0 atom stereocenters. The fraction of sp³-hybridized carbons (Fsp3) is 0.733. The van der Waals surface area contributed by atoms with Gasteiger partial charge in [0.15, 0.2) is 11.0 Å². The average molecular weight is 322 g/mol. The highest BCUT2D eigenvalue weighted by molar-refractivity contribution is 7.98.